The van der Waals surface area contributed by atoms with Gasteiger partial charge in [-0.25, -0.2) is 23.1 Å². The van der Waals surface area contributed by atoms with Gasteiger partial charge in [-0.2, -0.15) is 27.1 Å². The quantitative estimate of drug-likeness (QED) is 0.121. The number of primary amides is 1. The largest absolute Gasteiger partial charge is 0.435 e. The molecule has 3 unspecified atom stereocenters. The molecular weight excluding hydrogens is 672 g/mol. The summed E-state index contributed by atoms with van der Waals surface area (Å²) in [6.45, 7) is -1.06. The molecule has 17 heteroatoms. The summed E-state index contributed by atoms with van der Waals surface area (Å²) < 4.78 is 116. The van der Waals surface area contributed by atoms with E-state index in [1.807, 2.05) is 0 Å². The monoisotopic (exact) mass is 696 g/mol. The fraction of sp³-hybridized carbons (Fsp3) is 0.323. The lowest BCUT2D eigenvalue weighted by Gasteiger charge is -2.34. The Morgan fingerprint density at radius 3 is 2.42 bits per heavy atom. The maximum atomic E-state index is 15.4. The minimum absolute atomic E-state index is 0.000512. The first-order chi connectivity index (χ1) is 22.6. The van der Waals surface area contributed by atoms with Gasteiger partial charge in [0.1, 0.15) is 29.7 Å². The Morgan fingerprint density at radius 1 is 1.10 bits per heavy atom. The summed E-state index contributed by atoms with van der Waals surface area (Å²) in [5.74, 6) is -11.0. The summed E-state index contributed by atoms with van der Waals surface area (Å²) in [4.78, 5) is 34.1. The molecule has 0 bridgehead atoms. The summed E-state index contributed by atoms with van der Waals surface area (Å²) in [7, 11) is 0. The molecule has 8 nitrogen and oxygen atoms in total. The van der Waals surface area contributed by atoms with E-state index in [2.05, 4.69) is 20.4 Å². The van der Waals surface area contributed by atoms with E-state index in [0.717, 1.165) is 36.0 Å². The van der Waals surface area contributed by atoms with Crippen molar-refractivity contribution >= 4 is 23.6 Å². The number of benzene rings is 2. The average molecular weight is 697 g/mol. The smallest absolute Gasteiger partial charge is 0.366 e. The second kappa shape index (κ2) is 12.2. The van der Waals surface area contributed by atoms with Gasteiger partial charge >= 0.3 is 6.18 Å². The van der Waals surface area contributed by atoms with Gasteiger partial charge in [-0.1, -0.05) is 17.8 Å². The molecule has 0 aliphatic heterocycles. The van der Waals surface area contributed by atoms with Crippen molar-refractivity contribution in [3.05, 3.63) is 93.8 Å². The summed E-state index contributed by atoms with van der Waals surface area (Å²) >= 11 is 1.08. The number of nitrogens with two attached hydrogens (primary N) is 1. The molecule has 0 spiro atoms. The number of thioether (sulfide) groups is 1. The Bertz CT molecular complexity index is 1930. The van der Waals surface area contributed by atoms with Crippen molar-refractivity contribution in [1.82, 2.24) is 25.1 Å². The van der Waals surface area contributed by atoms with Gasteiger partial charge in [-0.3, -0.25) is 14.3 Å². The normalized spacial score (nSPS) is 18.5. The van der Waals surface area contributed by atoms with E-state index in [9.17, 15) is 35.9 Å². The van der Waals surface area contributed by atoms with Crippen LogP contribution in [0.2, 0.25) is 0 Å². The molecule has 0 saturated heterocycles. The van der Waals surface area contributed by atoms with E-state index >= 15 is 8.78 Å². The standard InChI is InChI=1S/C31H24F8N6O2S/c1-48-29-41-11-19(14-2-5-21(34)18(9-14)28(40)47)25(43-29)22(8-13-6-15(32)10-16(33)7-13)42-23(46)12-45-27-24(26(44-45)31(37,38)39)17-3-4-20(17)30(27,35)36/h2,5-7,9-11,17,20,22H,3-4,8,12H2,1H3,(H2,40,47)(H,42,46). The molecule has 1 fully saturated rings. The van der Waals surface area contributed by atoms with Crippen molar-refractivity contribution in [2.24, 2.45) is 11.7 Å². The van der Waals surface area contributed by atoms with E-state index in [-0.39, 0.29) is 46.8 Å². The second-order valence-corrected chi connectivity index (χ2v) is 12.3. The zero-order chi connectivity index (χ0) is 34.7. The molecule has 2 heterocycles. The number of carbonyl (C=O) groups is 2. The number of alkyl halides is 5. The molecule has 3 N–H and O–H groups in total. The maximum Gasteiger partial charge on any atom is 0.435 e. The minimum atomic E-state index is -5.06. The lowest BCUT2D eigenvalue weighted by Crippen LogP contribution is -2.36. The Hall–Kier alpha value is -4.54. The molecule has 2 aliphatic carbocycles. The highest BCUT2D eigenvalue weighted by molar-refractivity contribution is 7.98. The molecule has 3 atom stereocenters. The first kappa shape index (κ1) is 33.4. The predicted molar refractivity (Wildman–Crippen MR) is 155 cm³/mol. The summed E-state index contributed by atoms with van der Waals surface area (Å²) in [6.07, 6.45) is -2.36. The van der Waals surface area contributed by atoms with Crippen molar-refractivity contribution in [2.75, 3.05) is 6.26 Å². The van der Waals surface area contributed by atoms with Gasteiger partial charge in [0.2, 0.25) is 5.91 Å². The third-order valence-electron chi connectivity index (χ3n) is 8.53. The van der Waals surface area contributed by atoms with Crippen LogP contribution in [0.1, 0.15) is 63.4 Å². The van der Waals surface area contributed by atoms with Crippen molar-refractivity contribution in [3.8, 4) is 11.1 Å². The molecule has 252 valence electrons. The Balaban J connectivity index is 1.43. The Kier molecular flexibility index (Phi) is 8.46. The van der Waals surface area contributed by atoms with Crippen LogP contribution in [-0.2, 0) is 29.9 Å². The molecule has 2 aromatic heterocycles. The number of fused-ring (bicyclic) bond motifs is 3. The second-order valence-electron chi connectivity index (χ2n) is 11.5. The zero-order valence-electron chi connectivity index (χ0n) is 24.7. The van der Waals surface area contributed by atoms with Crippen LogP contribution in [0.25, 0.3) is 11.1 Å². The fourth-order valence-corrected chi connectivity index (χ4v) is 6.71. The van der Waals surface area contributed by atoms with Gasteiger partial charge in [-0.05, 0) is 66.8 Å². The number of rotatable bonds is 9. The van der Waals surface area contributed by atoms with E-state index in [4.69, 9.17) is 5.73 Å². The number of hydrogen-bond donors (Lipinski definition) is 2. The van der Waals surface area contributed by atoms with Crippen LogP contribution in [0.5, 0.6) is 0 Å². The van der Waals surface area contributed by atoms with Crippen LogP contribution >= 0.6 is 11.8 Å². The lowest BCUT2D eigenvalue weighted by atomic mass is 9.73. The highest BCUT2D eigenvalue weighted by Gasteiger charge is 2.63. The Morgan fingerprint density at radius 2 is 1.81 bits per heavy atom. The van der Waals surface area contributed by atoms with Gasteiger partial charge in [0.05, 0.1) is 17.3 Å². The van der Waals surface area contributed by atoms with Crippen molar-refractivity contribution in [2.45, 2.75) is 55.0 Å². The number of nitrogens with zero attached hydrogens (tertiary/aromatic N) is 4. The maximum absolute atomic E-state index is 15.4. The molecule has 2 aliphatic rings. The summed E-state index contributed by atoms with van der Waals surface area (Å²) in [5, 5.41) is 6.12. The van der Waals surface area contributed by atoms with Crippen molar-refractivity contribution in [3.63, 3.8) is 0 Å². The number of aromatic nitrogens is 4. The number of hydrogen-bond acceptors (Lipinski definition) is 6. The highest BCUT2D eigenvalue weighted by Crippen LogP contribution is 2.64. The van der Waals surface area contributed by atoms with Crippen molar-refractivity contribution in [1.29, 1.82) is 0 Å². The van der Waals surface area contributed by atoms with Gasteiger partial charge in [0.15, 0.2) is 10.9 Å². The predicted octanol–water partition coefficient (Wildman–Crippen LogP) is 6.30. The van der Waals surface area contributed by atoms with E-state index in [1.54, 1.807) is 6.26 Å². The van der Waals surface area contributed by atoms with Crippen LogP contribution in [0, 0.1) is 23.4 Å². The van der Waals surface area contributed by atoms with E-state index in [0.29, 0.717) is 10.7 Å². The molecule has 6 rings (SSSR count). The highest BCUT2D eigenvalue weighted by atomic mass is 32.2. The van der Waals surface area contributed by atoms with Crippen LogP contribution in [-0.4, -0.2) is 37.8 Å². The van der Waals surface area contributed by atoms with Crippen LogP contribution in [0.15, 0.2) is 47.8 Å². The third kappa shape index (κ3) is 5.99. The number of carbonyl (C=O) groups excluding carboxylic acids is 2. The minimum Gasteiger partial charge on any atom is -0.366 e. The molecule has 2 amide bonds. The first-order valence-electron chi connectivity index (χ1n) is 14.4. The van der Waals surface area contributed by atoms with Gasteiger partial charge in [0, 0.05) is 29.3 Å². The fourth-order valence-electron chi connectivity index (χ4n) is 6.36. The first-order valence-corrected chi connectivity index (χ1v) is 15.6. The molecule has 48 heavy (non-hydrogen) atoms. The molecule has 4 aromatic rings. The Labute approximate surface area is 271 Å². The third-order valence-corrected chi connectivity index (χ3v) is 9.09. The number of nitrogens with one attached hydrogen (secondary N) is 1. The van der Waals surface area contributed by atoms with E-state index < -0.39 is 88.3 Å². The molecule has 0 radical (unpaired) electrons. The van der Waals surface area contributed by atoms with Crippen molar-refractivity contribution < 1.29 is 44.7 Å². The average Bonchev–Trinajstić information content (AvgIpc) is 3.41. The van der Waals surface area contributed by atoms with Gasteiger partial charge in [0.25, 0.3) is 11.8 Å². The summed E-state index contributed by atoms with van der Waals surface area (Å²) in [6, 6.07) is 4.61. The van der Waals surface area contributed by atoms with E-state index in [1.165, 1.54) is 12.3 Å². The number of amides is 2. The van der Waals surface area contributed by atoms with Gasteiger partial charge in [-0.15, -0.1) is 0 Å². The molecule has 2 aromatic carbocycles. The van der Waals surface area contributed by atoms with Crippen LogP contribution < -0.4 is 11.1 Å². The lowest BCUT2D eigenvalue weighted by molar-refractivity contribution is -0.144. The topological polar surface area (TPSA) is 116 Å². The number of halogens is 8. The molecule has 1 saturated carbocycles. The summed E-state index contributed by atoms with van der Waals surface area (Å²) in [5.41, 5.74) is 2.06. The SMILES string of the molecule is CSc1ncc(-c2ccc(F)c(C(N)=O)c2)c(C(Cc2cc(F)cc(F)c2)NC(=O)Cn2nc(C(F)(F)F)c3c2C(F)(F)C2CCC32)n1. The van der Waals surface area contributed by atoms with Crippen LogP contribution in [0.3, 0.4) is 0 Å². The molecular formula is C31H24F8N6O2S. The zero-order valence-corrected chi connectivity index (χ0v) is 25.5. The van der Waals surface area contributed by atoms with Crippen LogP contribution in [0.4, 0.5) is 35.1 Å². The van der Waals surface area contributed by atoms with Gasteiger partial charge < -0.3 is 11.1 Å².